The van der Waals surface area contributed by atoms with Gasteiger partial charge in [0, 0.05) is 12.6 Å². The number of ether oxygens (including phenoxy) is 1. The average molecular weight is 497 g/mol. The Morgan fingerprint density at radius 3 is 2.53 bits per heavy atom. The molecule has 178 valence electrons. The maximum atomic E-state index is 12.2. The predicted molar refractivity (Wildman–Crippen MR) is 137 cm³/mol. The van der Waals surface area contributed by atoms with E-state index in [0.29, 0.717) is 39.1 Å². The van der Waals surface area contributed by atoms with Crippen LogP contribution in [-0.4, -0.2) is 37.3 Å². The first kappa shape index (κ1) is 24.2. The van der Waals surface area contributed by atoms with Crippen molar-refractivity contribution >= 4 is 45.1 Å². The van der Waals surface area contributed by atoms with Gasteiger partial charge in [-0.15, -0.1) is 21.5 Å². The largest absolute Gasteiger partial charge is 0.462 e. The summed E-state index contributed by atoms with van der Waals surface area (Å²) in [5.74, 6) is 1.85. The first-order valence-corrected chi connectivity index (χ1v) is 12.8. The molecule has 0 aliphatic heterocycles. The van der Waals surface area contributed by atoms with Crippen LogP contribution in [0.3, 0.4) is 0 Å². The van der Waals surface area contributed by atoms with Crippen LogP contribution in [0.2, 0.25) is 0 Å². The fraction of sp³-hybridized carbons (Fsp3) is 0.375. The molecule has 0 bridgehead atoms. The lowest BCUT2D eigenvalue weighted by atomic mass is 9.87. The molecule has 4 aromatic rings. The van der Waals surface area contributed by atoms with E-state index in [2.05, 4.69) is 65.2 Å². The lowest BCUT2D eigenvalue weighted by Gasteiger charge is -2.19. The van der Waals surface area contributed by atoms with Crippen LogP contribution in [-0.2, 0) is 23.0 Å². The molecule has 1 aromatic carbocycles. The number of esters is 1. The van der Waals surface area contributed by atoms with Crippen molar-refractivity contribution in [2.24, 2.45) is 7.05 Å². The number of aryl methyl sites for hydroxylation is 1. The Kier molecular flexibility index (Phi) is 6.64. The second-order valence-corrected chi connectivity index (χ2v) is 10.9. The molecule has 0 saturated carbocycles. The molecule has 0 fully saturated rings. The van der Waals surface area contributed by atoms with Gasteiger partial charge >= 0.3 is 5.97 Å². The number of thiophene rings is 1. The quantitative estimate of drug-likeness (QED) is 0.289. The van der Waals surface area contributed by atoms with E-state index < -0.39 is 0 Å². The molecule has 3 heterocycles. The highest BCUT2D eigenvalue weighted by molar-refractivity contribution is 7.98. The monoisotopic (exact) mass is 496 g/mol. The highest BCUT2D eigenvalue weighted by Gasteiger charge is 2.21. The molecule has 0 aliphatic carbocycles. The standard InChI is InChI=1S/C24H28N6O2S2/c1-7-32-22(31)18-13(2)17-19(25)26-16(27-21(17)34-18)12-33-23-29-28-20(30(23)6)14-8-10-15(11-9-14)24(3,4)5/h8-11H,7,12H2,1-6H3,(H2,25,26,27). The molecule has 34 heavy (non-hydrogen) atoms. The van der Waals surface area contributed by atoms with Gasteiger partial charge in [0.05, 0.1) is 17.7 Å². The molecule has 4 rings (SSSR count). The van der Waals surface area contributed by atoms with Crippen LogP contribution in [0.25, 0.3) is 21.6 Å². The summed E-state index contributed by atoms with van der Waals surface area (Å²) in [4.78, 5) is 22.5. The second kappa shape index (κ2) is 9.34. The molecule has 0 atom stereocenters. The summed E-state index contributed by atoms with van der Waals surface area (Å²) in [6.45, 7) is 10.5. The molecule has 0 saturated heterocycles. The molecular weight excluding hydrogens is 468 g/mol. The van der Waals surface area contributed by atoms with Crippen LogP contribution >= 0.6 is 23.1 Å². The number of hydrogen-bond donors (Lipinski definition) is 1. The molecule has 0 amide bonds. The number of benzene rings is 1. The smallest absolute Gasteiger partial charge is 0.348 e. The van der Waals surface area contributed by atoms with Crippen LogP contribution in [0.5, 0.6) is 0 Å². The van der Waals surface area contributed by atoms with E-state index in [9.17, 15) is 4.79 Å². The molecule has 3 aromatic heterocycles. The van der Waals surface area contributed by atoms with Crippen molar-refractivity contribution in [3.8, 4) is 11.4 Å². The number of anilines is 1. The van der Waals surface area contributed by atoms with Gasteiger partial charge in [0.15, 0.2) is 11.0 Å². The number of aromatic nitrogens is 5. The van der Waals surface area contributed by atoms with Crippen molar-refractivity contribution in [1.29, 1.82) is 0 Å². The van der Waals surface area contributed by atoms with Gasteiger partial charge in [-0.25, -0.2) is 14.8 Å². The second-order valence-electron chi connectivity index (χ2n) is 8.96. The Morgan fingerprint density at radius 1 is 1.18 bits per heavy atom. The predicted octanol–water partition coefficient (Wildman–Crippen LogP) is 5.14. The molecule has 8 nitrogen and oxygen atoms in total. The Labute approximate surface area is 207 Å². The number of carbonyl (C=O) groups excluding carboxylic acids is 1. The Bertz CT molecular complexity index is 1350. The lowest BCUT2D eigenvalue weighted by molar-refractivity contribution is 0.0531. The summed E-state index contributed by atoms with van der Waals surface area (Å²) < 4.78 is 7.11. The van der Waals surface area contributed by atoms with Gasteiger partial charge < -0.3 is 15.0 Å². The van der Waals surface area contributed by atoms with Crippen molar-refractivity contribution in [2.75, 3.05) is 12.3 Å². The van der Waals surface area contributed by atoms with Crippen molar-refractivity contribution in [2.45, 2.75) is 50.9 Å². The molecule has 0 radical (unpaired) electrons. The van der Waals surface area contributed by atoms with Crippen molar-refractivity contribution in [1.82, 2.24) is 24.7 Å². The molecular formula is C24H28N6O2S2. The van der Waals surface area contributed by atoms with Crippen LogP contribution in [0.15, 0.2) is 29.4 Å². The number of nitrogens with zero attached hydrogens (tertiary/aromatic N) is 5. The maximum Gasteiger partial charge on any atom is 0.348 e. The van der Waals surface area contributed by atoms with Crippen LogP contribution in [0.4, 0.5) is 5.82 Å². The van der Waals surface area contributed by atoms with E-state index in [4.69, 9.17) is 10.5 Å². The highest BCUT2D eigenvalue weighted by atomic mass is 32.2. The number of hydrogen-bond acceptors (Lipinski definition) is 9. The highest BCUT2D eigenvalue weighted by Crippen LogP contribution is 2.34. The Hall–Kier alpha value is -2.98. The summed E-state index contributed by atoms with van der Waals surface area (Å²) >= 11 is 2.77. The van der Waals surface area contributed by atoms with Gasteiger partial charge in [-0.05, 0) is 30.4 Å². The van der Waals surface area contributed by atoms with Gasteiger partial charge in [-0.1, -0.05) is 56.8 Å². The van der Waals surface area contributed by atoms with E-state index in [0.717, 1.165) is 22.1 Å². The third kappa shape index (κ3) is 4.65. The number of carbonyl (C=O) groups is 1. The zero-order valence-electron chi connectivity index (χ0n) is 20.2. The van der Waals surface area contributed by atoms with Gasteiger partial charge in [-0.3, -0.25) is 0 Å². The van der Waals surface area contributed by atoms with Crippen LogP contribution < -0.4 is 5.73 Å². The van der Waals surface area contributed by atoms with Gasteiger partial charge in [0.25, 0.3) is 0 Å². The molecule has 0 aliphatic rings. The topological polar surface area (TPSA) is 109 Å². The Balaban J connectivity index is 1.54. The molecule has 2 N–H and O–H groups in total. The van der Waals surface area contributed by atoms with Crippen LogP contribution in [0.1, 0.15) is 54.3 Å². The molecule has 10 heteroatoms. The van der Waals surface area contributed by atoms with E-state index >= 15 is 0 Å². The van der Waals surface area contributed by atoms with E-state index in [1.54, 1.807) is 6.92 Å². The average Bonchev–Trinajstić information content (AvgIpc) is 3.32. The normalized spacial score (nSPS) is 11.8. The van der Waals surface area contributed by atoms with Crippen molar-refractivity contribution < 1.29 is 9.53 Å². The molecule has 0 spiro atoms. The molecule has 0 unspecified atom stereocenters. The summed E-state index contributed by atoms with van der Waals surface area (Å²) in [6.07, 6.45) is 0. The lowest BCUT2D eigenvalue weighted by Crippen LogP contribution is -2.10. The van der Waals surface area contributed by atoms with E-state index in [1.165, 1.54) is 28.7 Å². The zero-order valence-corrected chi connectivity index (χ0v) is 21.8. The Morgan fingerprint density at radius 2 is 1.88 bits per heavy atom. The first-order chi connectivity index (χ1) is 16.1. The third-order valence-corrected chi connectivity index (χ3v) is 7.68. The third-order valence-electron chi connectivity index (χ3n) is 5.50. The maximum absolute atomic E-state index is 12.2. The number of thioether (sulfide) groups is 1. The van der Waals surface area contributed by atoms with E-state index in [1.807, 2.05) is 18.5 Å². The summed E-state index contributed by atoms with van der Waals surface area (Å²) in [6, 6.07) is 8.43. The van der Waals surface area contributed by atoms with E-state index in [-0.39, 0.29) is 11.4 Å². The number of nitrogens with two attached hydrogens (primary N) is 1. The first-order valence-electron chi connectivity index (χ1n) is 11.0. The van der Waals surface area contributed by atoms with Gasteiger partial charge in [0.1, 0.15) is 21.3 Å². The SMILES string of the molecule is CCOC(=O)c1sc2nc(CSc3nnc(-c4ccc(C(C)(C)C)cc4)n3C)nc(N)c2c1C. The summed E-state index contributed by atoms with van der Waals surface area (Å²) in [7, 11) is 1.95. The van der Waals surface area contributed by atoms with Gasteiger partial charge in [0.2, 0.25) is 0 Å². The number of fused-ring (bicyclic) bond motifs is 1. The van der Waals surface area contributed by atoms with Crippen molar-refractivity contribution in [3.63, 3.8) is 0 Å². The number of nitrogen functional groups attached to an aromatic ring is 1. The zero-order chi connectivity index (χ0) is 24.6. The minimum absolute atomic E-state index is 0.0978. The minimum Gasteiger partial charge on any atom is -0.462 e. The summed E-state index contributed by atoms with van der Waals surface area (Å²) in [5.41, 5.74) is 9.36. The van der Waals surface area contributed by atoms with Crippen molar-refractivity contribution in [3.05, 3.63) is 46.1 Å². The van der Waals surface area contributed by atoms with Gasteiger partial charge in [-0.2, -0.15) is 0 Å². The minimum atomic E-state index is -0.361. The number of rotatable bonds is 6. The van der Waals surface area contributed by atoms with Crippen LogP contribution in [0, 0.1) is 6.92 Å². The fourth-order valence-electron chi connectivity index (χ4n) is 3.61. The fourth-order valence-corrected chi connectivity index (χ4v) is 5.48. The summed E-state index contributed by atoms with van der Waals surface area (Å²) in [5, 5.41) is 10.2.